The third-order valence-corrected chi connectivity index (χ3v) is 4.89. The topological polar surface area (TPSA) is 66.4 Å². The van der Waals surface area contributed by atoms with E-state index in [1.807, 2.05) is 12.1 Å². The number of sulfonamides is 1. The SMILES string of the molecule is CCC(C)c1ccc(S(=O)(=O)NC(C)(C)CO)cc1. The van der Waals surface area contributed by atoms with Gasteiger partial charge in [0.25, 0.3) is 0 Å². The molecule has 1 rings (SSSR count). The molecule has 5 heteroatoms. The van der Waals surface area contributed by atoms with Crippen molar-refractivity contribution in [3.05, 3.63) is 29.8 Å². The first-order chi connectivity index (χ1) is 8.72. The maximum Gasteiger partial charge on any atom is 0.241 e. The molecule has 1 aromatic carbocycles. The van der Waals surface area contributed by atoms with E-state index in [4.69, 9.17) is 5.11 Å². The molecular weight excluding hydrogens is 262 g/mol. The van der Waals surface area contributed by atoms with Crippen LogP contribution in [0.2, 0.25) is 0 Å². The van der Waals surface area contributed by atoms with Gasteiger partial charge in [0.1, 0.15) is 0 Å². The Kier molecular flexibility index (Phi) is 5.12. The summed E-state index contributed by atoms with van der Waals surface area (Å²) < 4.78 is 26.8. The summed E-state index contributed by atoms with van der Waals surface area (Å²) in [5, 5.41) is 9.13. The van der Waals surface area contributed by atoms with Gasteiger partial charge in [-0.3, -0.25) is 0 Å². The molecule has 0 aliphatic rings. The summed E-state index contributed by atoms with van der Waals surface area (Å²) in [7, 11) is -3.59. The van der Waals surface area contributed by atoms with Gasteiger partial charge in [0.05, 0.1) is 17.0 Å². The van der Waals surface area contributed by atoms with E-state index in [9.17, 15) is 8.42 Å². The van der Waals surface area contributed by atoms with Crippen LogP contribution in [-0.4, -0.2) is 25.7 Å². The summed E-state index contributed by atoms with van der Waals surface area (Å²) in [4.78, 5) is 0.223. The first kappa shape index (κ1) is 16.1. The number of hydrogen-bond donors (Lipinski definition) is 2. The van der Waals surface area contributed by atoms with Crippen LogP contribution >= 0.6 is 0 Å². The minimum Gasteiger partial charge on any atom is -0.394 e. The van der Waals surface area contributed by atoms with Crippen molar-refractivity contribution in [3.8, 4) is 0 Å². The normalized spacial score (nSPS) is 14.4. The van der Waals surface area contributed by atoms with Crippen LogP contribution in [0.15, 0.2) is 29.2 Å². The van der Waals surface area contributed by atoms with Crippen molar-refractivity contribution in [2.45, 2.75) is 50.5 Å². The van der Waals surface area contributed by atoms with Gasteiger partial charge in [-0.25, -0.2) is 13.1 Å². The fraction of sp³-hybridized carbons (Fsp3) is 0.571. The summed E-state index contributed by atoms with van der Waals surface area (Å²) in [5.74, 6) is 0.415. The summed E-state index contributed by atoms with van der Waals surface area (Å²) >= 11 is 0. The van der Waals surface area contributed by atoms with Crippen molar-refractivity contribution >= 4 is 10.0 Å². The predicted octanol–water partition coefficient (Wildman–Crippen LogP) is 2.25. The third kappa shape index (κ3) is 4.30. The lowest BCUT2D eigenvalue weighted by molar-refractivity contribution is 0.208. The Morgan fingerprint density at radius 3 is 2.21 bits per heavy atom. The Bertz CT molecular complexity index is 506. The molecule has 0 amide bonds. The highest BCUT2D eigenvalue weighted by molar-refractivity contribution is 7.89. The molecule has 19 heavy (non-hydrogen) atoms. The number of aliphatic hydroxyl groups excluding tert-OH is 1. The van der Waals surface area contributed by atoms with Crippen LogP contribution in [0, 0.1) is 0 Å². The minimum absolute atomic E-state index is 0.223. The lowest BCUT2D eigenvalue weighted by Gasteiger charge is -2.23. The first-order valence-corrected chi connectivity index (χ1v) is 7.95. The fourth-order valence-electron chi connectivity index (χ4n) is 1.67. The van der Waals surface area contributed by atoms with E-state index in [1.54, 1.807) is 26.0 Å². The zero-order valence-electron chi connectivity index (χ0n) is 12.0. The van der Waals surface area contributed by atoms with E-state index >= 15 is 0 Å². The molecule has 0 bridgehead atoms. The standard InChI is InChI=1S/C14H23NO3S/c1-5-11(2)12-6-8-13(9-7-12)19(17,18)15-14(3,4)10-16/h6-9,11,15-16H,5,10H2,1-4H3. The van der Waals surface area contributed by atoms with Gasteiger partial charge in [-0.15, -0.1) is 0 Å². The highest BCUT2D eigenvalue weighted by Crippen LogP contribution is 2.21. The Hall–Kier alpha value is -0.910. The molecule has 1 atom stereocenters. The molecule has 108 valence electrons. The molecule has 0 radical (unpaired) electrons. The maximum atomic E-state index is 12.1. The summed E-state index contributed by atoms with van der Waals surface area (Å²) in [5.41, 5.74) is 0.261. The Labute approximate surface area is 115 Å². The molecular formula is C14H23NO3S. The molecule has 0 aliphatic heterocycles. The largest absolute Gasteiger partial charge is 0.394 e. The second-order valence-electron chi connectivity index (χ2n) is 5.53. The summed E-state index contributed by atoms with van der Waals surface area (Å²) in [6, 6.07) is 6.90. The van der Waals surface area contributed by atoms with E-state index in [-0.39, 0.29) is 11.5 Å². The molecule has 1 aromatic rings. The molecule has 0 heterocycles. The molecule has 0 saturated heterocycles. The van der Waals surface area contributed by atoms with Crippen LogP contribution in [0.4, 0.5) is 0 Å². The molecule has 0 spiro atoms. The van der Waals surface area contributed by atoms with Gasteiger partial charge in [0.2, 0.25) is 10.0 Å². The van der Waals surface area contributed by atoms with Crippen molar-refractivity contribution in [1.82, 2.24) is 4.72 Å². The zero-order chi connectivity index (χ0) is 14.7. The zero-order valence-corrected chi connectivity index (χ0v) is 12.8. The summed E-state index contributed by atoms with van der Waals surface area (Å²) in [6.45, 7) is 7.23. The number of benzene rings is 1. The number of hydrogen-bond acceptors (Lipinski definition) is 3. The van der Waals surface area contributed by atoms with Crippen LogP contribution < -0.4 is 4.72 Å². The van der Waals surface area contributed by atoms with Gasteiger partial charge in [-0.1, -0.05) is 26.0 Å². The fourth-order valence-corrected chi connectivity index (χ4v) is 3.07. The van der Waals surface area contributed by atoms with Gasteiger partial charge >= 0.3 is 0 Å². The van der Waals surface area contributed by atoms with Crippen molar-refractivity contribution in [1.29, 1.82) is 0 Å². The average molecular weight is 285 g/mol. The quantitative estimate of drug-likeness (QED) is 0.842. The monoisotopic (exact) mass is 285 g/mol. The van der Waals surface area contributed by atoms with Crippen molar-refractivity contribution in [3.63, 3.8) is 0 Å². The lowest BCUT2D eigenvalue weighted by atomic mass is 9.99. The van der Waals surface area contributed by atoms with Gasteiger partial charge in [0, 0.05) is 0 Å². The second-order valence-corrected chi connectivity index (χ2v) is 7.21. The molecule has 0 fully saturated rings. The van der Waals surface area contributed by atoms with E-state index in [0.29, 0.717) is 5.92 Å². The maximum absolute atomic E-state index is 12.1. The number of rotatable bonds is 6. The van der Waals surface area contributed by atoms with Crippen LogP contribution in [0.25, 0.3) is 0 Å². The van der Waals surface area contributed by atoms with Crippen molar-refractivity contribution in [2.24, 2.45) is 0 Å². The lowest BCUT2D eigenvalue weighted by Crippen LogP contribution is -2.46. The van der Waals surface area contributed by atoms with Crippen LogP contribution in [-0.2, 0) is 10.0 Å². The molecule has 0 saturated carbocycles. The van der Waals surface area contributed by atoms with Gasteiger partial charge in [0.15, 0.2) is 0 Å². The second kappa shape index (κ2) is 6.03. The van der Waals surface area contributed by atoms with Crippen LogP contribution in [0.1, 0.15) is 45.6 Å². The van der Waals surface area contributed by atoms with Crippen LogP contribution in [0.5, 0.6) is 0 Å². The molecule has 0 aromatic heterocycles. The van der Waals surface area contributed by atoms with E-state index in [1.165, 1.54) is 0 Å². The van der Waals surface area contributed by atoms with Gasteiger partial charge in [-0.2, -0.15) is 0 Å². The van der Waals surface area contributed by atoms with Crippen molar-refractivity contribution < 1.29 is 13.5 Å². The van der Waals surface area contributed by atoms with E-state index < -0.39 is 15.6 Å². The Morgan fingerprint density at radius 2 is 1.79 bits per heavy atom. The van der Waals surface area contributed by atoms with Crippen molar-refractivity contribution in [2.75, 3.05) is 6.61 Å². The highest BCUT2D eigenvalue weighted by atomic mass is 32.2. The average Bonchev–Trinajstić information content (AvgIpc) is 2.37. The first-order valence-electron chi connectivity index (χ1n) is 6.46. The highest BCUT2D eigenvalue weighted by Gasteiger charge is 2.25. The molecule has 2 N–H and O–H groups in total. The Morgan fingerprint density at radius 1 is 1.26 bits per heavy atom. The third-order valence-electron chi connectivity index (χ3n) is 3.18. The summed E-state index contributed by atoms with van der Waals surface area (Å²) in [6.07, 6.45) is 1.02. The minimum atomic E-state index is -3.59. The Balaban J connectivity index is 2.97. The molecule has 0 aliphatic carbocycles. The predicted molar refractivity (Wildman–Crippen MR) is 76.6 cm³/mol. The van der Waals surface area contributed by atoms with E-state index in [0.717, 1.165) is 12.0 Å². The van der Waals surface area contributed by atoms with Gasteiger partial charge < -0.3 is 5.11 Å². The molecule has 4 nitrogen and oxygen atoms in total. The molecule has 1 unspecified atom stereocenters. The van der Waals surface area contributed by atoms with Gasteiger partial charge in [-0.05, 0) is 43.9 Å². The van der Waals surface area contributed by atoms with Crippen LogP contribution in [0.3, 0.4) is 0 Å². The van der Waals surface area contributed by atoms with E-state index in [2.05, 4.69) is 18.6 Å². The number of nitrogens with one attached hydrogen (secondary N) is 1. The number of aliphatic hydroxyl groups is 1. The smallest absolute Gasteiger partial charge is 0.241 e.